The van der Waals surface area contributed by atoms with Gasteiger partial charge in [0.05, 0.1) is 49.8 Å². The highest BCUT2D eigenvalue weighted by molar-refractivity contribution is 6.12. The average Bonchev–Trinajstić information content (AvgIpc) is 2.80. The molecule has 31 heavy (non-hydrogen) atoms. The SMILES string of the molecule is COc1cc(/C=C/C(=O)c2c(O)c(OC)c(OC)c(OC)c2OC)cc(OC)c1OC. The van der Waals surface area contributed by atoms with Gasteiger partial charge in [0.1, 0.15) is 5.56 Å². The number of methoxy groups -OCH3 is 7. The summed E-state index contributed by atoms with van der Waals surface area (Å²) in [6.07, 6.45) is 2.80. The molecule has 0 heterocycles. The number of benzene rings is 2. The third-order valence-electron chi connectivity index (χ3n) is 4.47. The van der Waals surface area contributed by atoms with Crippen molar-refractivity contribution in [3.63, 3.8) is 0 Å². The minimum atomic E-state index is -0.553. The third-order valence-corrected chi connectivity index (χ3v) is 4.47. The quantitative estimate of drug-likeness (QED) is 0.445. The minimum absolute atomic E-state index is 0.0113. The smallest absolute Gasteiger partial charge is 0.211 e. The van der Waals surface area contributed by atoms with Crippen LogP contribution in [0.1, 0.15) is 15.9 Å². The van der Waals surface area contributed by atoms with Gasteiger partial charge in [-0.15, -0.1) is 0 Å². The normalized spacial score (nSPS) is 10.5. The van der Waals surface area contributed by atoms with Crippen LogP contribution in [0, 0.1) is 0 Å². The Labute approximate surface area is 180 Å². The predicted octanol–water partition coefficient (Wildman–Crippen LogP) is 3.35. The van der Waals surface area contributed by atoms with Gasteiger partial charge in [-0.1, -0.05) is 6.08 Å². The maximum absolute atomic E-state index is 13.0. The van der Waals surface area contributed by atoms with E-state index in [9.17, 15) is 9.90 Å². The van der Waals surface area contributed by atoms with E-state index in [0.29, 0.717) is 22.8 Å². The lowest BCUT2D eigenvalue weighted by Gasteiger charge is -2.19. The van der Waals surface area contributed by atoms with Crippen molar-refractivity contribution < 1.29 is 43.1 Å². The molecule has 2 aromatic rings. The molecular formula is C22H26O9. The molecule has 0 radical (unpaired) electrons. The average molecular weight is 434 g/mol. The van der Waals surface area contributed by atoms with Gasteiger partial charge in [0.2, 0.25) is 23.0 Å². The lowest BCUT2D eigenvalue weighted by Crippen LogP contribution is -2.06. The van der Waals surface area contributed by atoms with Crippen LogP contribution in [0.5, 0.6) is 46.0 Å². The molecule has 0 aliphatic rings. The standard InChI is InChI=1S/C22H26O9/c1-25-14-10-12(11-15(26-2)18(14)27-3)8-9-13(23)16-17(24)20(29-5)22(31-7)21(30-6)19(16)28-4/h8-11,24H,1-7H3/b9-8+. The van der Waals surface area contributed by atoms with Crippen molar-refractivity contribution in [2.75, 3.05) is 49.8 Å². The molecule has 0 unspecified atom stereocenters. The third kappa shape index (κ3) is 4.40. The van der Waals surface area contributed by atoms with Gasteiger partial charge < -0.3 is 38.3 Å². The second kappa shape index (κ2) is 10.3. The zero-order valence-corrected chi connectivity index (χ0v) is 18.5. The van der Waals surface area contributed by atoms with Crippen molar-refractivity contribution in [2.24, 2.45) is 0 Å². The number of phenols is 1. The van der Waals surface area contributed by atoms with E-state index in [1.54, 1.807) is 12.1 Å². The topological polar surface area (TPSA) is 102 Å². The molecule has 0 aliphatic heterocycles. The van der Waals surface area contributed by atoms with Crippen molar-refractivity contribution in [1.82, 2.24) is 0 Å². The lowest BCUT2D eigenvalue weighted by molar-refractivity contribution is 0.104. The van der Waals surface area contributed by atoms with E-state index < -0.39 is 11.5 Å². The second-order valence-electron chi connectivity index (χ2n) is 6.01. The van der Waals surface area contributed by atoms with E-state index >= 15 is 0 Å². The molecule has 0 atom stereocenters. The van der Waals surface area contributed by atoms with Crippen LogP contribution in [-0.4, -0.2) is 60.7 Å². The molecule has 168 valence electrons. The fourth-order valence-electron chi connectivity index (χ4n) is 3.08. The van der Waals surface area contributed by atoms with Crippen LogP contribution in [0.4, 0.5) is 0 Å². The Bertz CT molecular complexity index is 955. The molecule has 0 bridgehead atoms. The monoisotopic (exact) mass is 434 g/mol. The molecule has 9 nitrogen and oxygen atoms in total. The van der Waals surface area contributed by atoms with Gasteiger partial charge >= 0.3 is 0 Å². The predicted molar refractivity (Wildman–Crippen MR) is 114 cm³/mol. The molecule has 0 fully saturated rings. The molecule has 2 rings (SSSR count). The molecule has 0 spiro atoms. The van der Waals surface area contributed by atoms with Crippen LogP contribution in [0.3, 0.4) is 0 Å². The molecule has 0 amide bonds. The largest absolute Gasteiger partial charge is 0.504 e. The number of allylic oxidation sites excluding steroid dienone is 1. The zero-order chi connectivity index (χ0) is 23.1. The number of ketones is 1. The highest BCUT2D eigenvalue weighted by Gasteiger charge is 2.30. The summed E-state index contributed by atoms with van der Waals surface area (Å²) in [5.74, 6) is 0.483. The number of ether oxygens (including phenoxy) is 7. The summed E-state index contributed by atoms with van der Waals surface area (Å²) < 4.78 is 37.1. The van der Waals surface area contributed by atoms with Crippen LogP contribution in [0.2, 0.25) is 0 Å². The summed E-state index contributed by atoms with van der Waals surface area (Å²) in [4.78, 5) is 13.0. The Hall–Kier alpha value is -3.75. The highest BCUT2D eigenvalue weighted by Crippen LogP contribution is 2.53. The van der Waals surface area contributed by atoms with E-state index in [0.717, 1.165) is 0 Å². The van der Waals surface area contributed by atoms with Gasteiger partial charge in [-0.3, -0.25) is 4.79 Å². The van der Waals surface area contributed by atoms with Gasteiger partial charge in [-0.05, 0) is 23.8 Å². The van der Waals surface area contributed by atoms with Crippen molar-refractivity contribution >= 4 is 11.9 Å². The molecule has 0 aliphatic carbocycles. The van der Waals surface area contributed by atoms with Gasteiger partial charge in [0.15, 0.2) is 28.8 Å². The summed E-state index contributed by atoms with van der Waals surface area (Å²) >= 11 is 0. The Balaban J connectivity index is 2.59. The van der Waals surface area contributed by atoms with Crippen molar-refractivity contribution in [1.29, 1.82) is 0 Å². The lowest BCUT2D eigenvalue weighted by atomic mass is 10.0. The number of aromatic hydroxyl groups is 1. The maximum atomic E-state index is 13.0. The summed E-state index contributed by atoms with van der Waals surface area (Å²) in [7, 11) is 9.94. The van der Waals surface area contributed by atoms with Gasteiger partial charge in [-0.25, -0.2) is 0 Å². The van der Waals surface area contributed by atoms with E-state index in [1.165, 1.54) is 61.9 Å². The van der Waals surface area contributed by atoms with Crippen LogP contribution < -0.4 is 33.2 Å². The summed E-state index contributed by atoms with van der Waals surface area (Å²) in [5.41, 5.74) is 0.467. The van der Waals surface area contributed by atoms with Gasteiger partial charge in [-0.2, -0.15) is 0 Å². The molecule has 0 aromatic heterocycles. The number of hydrogen-bond acceptors (Lipinski definition) is 9. The second-order valence-corrected chi connectivity index (χ2v) is 6.01. The summed E-state index contributed by atoms with van der Waals surface area (Å²) in [5, 5.41) is 10.7. The summed E-state index contributed by atoms with van der Waals surface area (Å²) in [6, 6.07) is 3.36. The van der Waals surface area contributed by atoms with Crippen LogP contribution >= 0.6 is 0 Å². The first-order chi connectivity index (χ1) is 14.9. The molecule has 1 N–H and O–H groups in total. The Morgan fingerprint density at radius 2 is 1.13 bits per heavy atom. The number of rotatable bonds is 10. The van der Waals surface area contributed by atoms with E-state index in [4.69, 9.17) is 33.2 Å². The number of hydrogen-bond donors (Lipinski definition) is 1. The van der Waals surface area contributed by atoms with Gasteiger partial charge in [0, 0.05) is 0 Å². The highest BCUT2D eigenvalue weighted by atomic mass is 16.5. The maximum Gasteiger partial charge on any atom is 0.211 e. The Kier molecular flexibility index (Phi) is 7.84. The number of carbonyl (C=O) groups excluding carboxylic acids is 1. The first-order valence-electron chi connectivity index (χ1n) is 9.03. The summed E-state index contributed by atoms with van der Waals surface area (Å²) in [6.45, 7) is 0. The van der Waals surface area contributed by atoms with Crippen molar-refractivity contribution in [3.8, 4) is 46.0 Å². The van der Waals surface area contributed by atoms with E-state index in [1.807, 2.05) is 0 Å². The van der Waals surface area contributed by atoms with E-state index in [2.05, 4.69) is 0 Å². The molecule has 0 saturated heterocycles. The van der Waals surface area contributed by atoms with Gasteiger partial charge in [0.25, 0.3) is 0 Å². The molecular weight excluding hydrogens is 408 g/mol. The number of carbonyl (C=O) groups is 1. The fraction of sp³-hybridized carbons (Fsp3) is 0.318. The molecule has 2 aromatic carbocycles. The minimum Gasteiger partial charge on any atom is -0.504 e. The van der Waals surface area contributed by atoms with Crippen molar-refractivity contribution in [2.45, 2.75) is 0 Å². The Morgan fingerprint density at radius 3 is 1.55 bits per heavy atom. The molecule has 0 saturated carbocycles. The van der Waals surface area contributed by atoms with E-state index in [-0.39, 0.29) is 28.6 Å². The van der Waals surface area contributed by atoms with Crippen LogP contribution in [0.25, 0.3) is 6.08 Å². The molecule has 9 heteroatoms. The number of phenolic OH excluding ortho intramolecular Hbond substituents is 1. The first-order valence-corrected chi connectivity index (χ1v) is 9.03. The zero-order valence-electron chi connectivity index (χ0n) is 18.5. The Morgan fingerprint density at radius 1 is 0.677 bits per heavy atom. The van der Waals surface area contributed by atoms with Crippen LogP contribution in [-0.2, 0) is 0 Å². The van der Waals surface area contributed by atoms with Crippen LogP contribution in [0.15, 0.2) is 18.2 Å². The fourth-order valence-corrected chi connectivity index (χ4v) is 3.08. The first kappa shape index (κ1) is 23.5. The van der Waals surface area contributed by atoms with Crippen molar-refractivity contribution in [3.05, 3.63) is 29.3 Å².